The monoisotopic (exact) mass is 190 g/mol. The van der Waals surface area contributed by atoms with E-state index in [-0.39, 0.29) is 0 Å². The summed E-state index contributed by atoms with van der Waals surface area (Å²) in [7, 11) is 1.64. The lowest BCUT2D eigenvalue weighted by Gasteiger charge is -1.98. The van der Waals surface area contributed by atoms with Crippen molar-refractivity contribution in [1.82, 2.24) is 9.97 Å². The van der Waals surface area contributed by atoms with Crippen molar-refractivity contribution in [2.45, 2.75) is 0 Å². The summed E-state index contributed by atoms with van der Waals surface area (Å²) >= 11 is 0. The molecular weight excluding hydrogens is 178 g/mol. The van der Waals surface area contributed by atoms with Gasteiger partial charge in [0.2, 0.25) is 0 Å². The second-order valence-electron chi connectivity index (χ2n) is 2.94. The molecule has 4 heteroatoms. The fourth-order valence-corrected chi connectivity index (χ4v) is 1.29. The number of nitrogens with two attached hydrogens (primary N) is 1. The van der Waals surface area contributed by atoms with E-state index in [2.05, 4.69) is 9.97 Å². The summed E-state index contributed by atoms with van der Waals surface area (Å²) in [6, 6.07) is 8.05. The summed E-state index contributed by atoms with van der Waals surface area (Å²) in [5.41, 5.74) is 4.90. The van der Waals surface area contributed by atoms with Gasteiger partial charge in [0.15, 0.2) is 5.69 Å². The zero-order valence-electron chi connectivity index (χ0n) is 7.90. The van der Waals surface area contributed by atoms with Gasteiger partial charge in [-0.05, 0) is 17.7 Å². The smallest absolute Gasteiger partial charge is 0.161 e. The maximum absolute atomic E-state index is 4.91. The molecule has 0 unspecified atom stereocenters. The number of quaternary nitrogens is 1. The molecule has 2 aromatic rings. The Morgan fingerprint density at radius 1 is 1.29 bits per heavy atom. The highest BCUT2D eigenvalue weighted by Gasteiger charge is 2.00. The van der Waals surface area contributed by atoms with Crippen LogP contribution in [0.4, 0.5) is 5.69 Å². The molecule has 0 bridgehead atoms. The lowest BCUT2D eigenvalue weighted by Crippen LogP contribution is -2.75. The molecule has 0 aliphatic rings. The first kappa shape index (κ1) is 8.93. The highest BCUT2D eigenvalue weighted by Crippen LogP contribution is 2.16. The predicted molar refractivity (Wildman–Crippen MR) is 52.6 cm³/mol. The fraction of sp³-hybridized carbons (Fsp3) is 0.100. The highest BCUT2D eigenvalue weighted by atomic mass is 16.6. The topological polar surface area (TPSA) is 54.5 Å². The van der Waals surface area contributed by atoms with E-state index in [0.717, 1.165) is 16.9 Å². The van der Waals surface area contributed by atoms with Crippen molar-refractivity contribution < 1.29 is 10.3 Å². The Bertz CT molecular complexity index is 380. The average Bonchev–Trinajstić information content (AvgIpc) is 2.72. The molecule has 0 atom stereocenters. The maximum Gasteiger partial charge on any atom is 0.161 e. The van der Waals surface area contributed by atoms with Crippen molar-refractivity contribution in [3.05, 3.63) is 36.8 Å². The molecule has 2 rings (SSSR count). The third kappa shape index (κ3) is 1.81. The van der Waals surface area contributed by atoms with E-state index in [1.54, 1.807) is 25.1 Å². The van der Waals surface area contributed by atoms with E-state index in [1.165, 1.54) is 0 Å². The molecule has 0 amide bonds. The Kier molecular flexibility index (Phi) is 2.58. The lowest BCUT2D eigenvalue weighted by molar-refractivity contribution is -0.830. The van der Waals surface area contributed by atoms with Gasteiger partial charge in [0.05, 0.1) is 25.3 Å². The number of H-pyrrole nitrogens is 1. The number of hydrogen-bond donors (Lipinski definition) is 2. The Labute approximate surface area is 81.9 Å². The predicted octanol–water partition coefficient (Wildman–Crippen LogP) is 0.833. The molecule has 0 saturated heterocycles. The number of hydrogen-bond acceptors (Lipinski definition) is 2. The van der Waals surface area contributed by atoms with Gasteiger partial charge in [-0.2, -0.15) is 5.48 Å². The standard InChI is InChI=1S/C10H11N3O/c1-14-13-9-4-2-8(3-5-9)10-6-11-7-12-10/h2-7,13H,1H3,(H,11,12)/p+1. The van der Waals surface area contributed by atoms with E-state index in [4.69, 9.17) is 4.84 Å². The van der Waals surface area contributed by atoms with Gasteiger partial charge < -0.3 is 4.98 Å². The van der Waals surface area contributed by atoms with Crippen LogP contribution in [0.2, 0.25) is 0 Å². The number of imidazole rings is 1. The number of rotatable bonds is 3. The maximum atomic E-state index is 4.91. The van der Waals surface area contributed by atoms with Crippen molar-refractivity contribution in [1.29, 1.82) is 0 Å². The lowest BCUT2D eigenvalue weighted by atomic mass is 10.1. The van der Waals surface area contributed by atoms with Crippen molar-refractivity contribution in [3.8, 4) is 11.3 Å². The molecule has 14 heavy (non-hydrogen) atoms. The Hall–Kier alpha value is -1.65. The third-order valence-corrected chi connectivity index (χ3v) is 1.97. The Balaban J connectivity index is 2.22. The first-order valence-corrected chi connectivity index (χ1v) is 4.35. The third-order valence-electron chi connectivity index (χ3n) is 1.97. The molecule has 0 spiro atoms. The molecule has 4 nitrogen and oxygen atoms in total. The van der Waals surface area contributed by atoms with E-state index in [1.807, 2.05) is 24.3 Å². The van der Waals surface area contributed by atoms with Crippen molar-refractivity contribution in [2.75, 3.05) is 7.11 Å². The molecule has 3 N–H and O–H groups in total. The summed E-state index contributed by atoms with van der Waals surface area (Å²) in [6.07, 6.45) is 3.47. The van der Waals surface area contributed by atoms with E-state index >= 15 is 0 Å². The Morgan fingerprint density at radius 2 is 2.07 bits per heavy atom. The van der Waals surface area contributed by atoms with E-state index in [0.29, 0.717) is 0 Å². The highest BCUT2D eigenvalue weighted by molar-refractivity contribution is 5.59. The van der Waals surface area contributed by atoms with Crippen LogP contribution in [0.1, 0.15) is 0 Å². The van der Waals surface area contributed by atoms with Gasteiger partial charge in [-0.3, -0.25) is 0 Å². The van der Waals surface area contributed by atoms with Gasteiger partial charge in [0, 0.05) is 12.1 Å². The molecular formula is C10H12N3O+. The molecule has 0 saturated carbocycles. The normalized spacial score (nSPS) is 10.4. The first-order valence-electron chi connectivity index (χ1n) is 4.35. The minimum absolute atomic E-state index is 1.02. The number of nitrogens with zero attached hydrogens (tertiary/aromatic N) is 1. The molecule has 1 aromatic heterocycles. The zero-order chi connectivity index (χ0) is 9.80. The van der Waals surface area contributed by atoms with Crippen LogP contribution in [0.25, 0.3) is 11.3 Å². The van der Waals surface area contributed by atoms with Gasteiger partial charge in [-0.1, -0.05) is 0 Å². The number of aromatic amines is 1. The van der Waals surface area contributed by atoms with Crippen LogP contribution in [0.15, 0.2) is 36.8 Å². The molecule has 1 aromatic carbocycles. The van der Waals surface area contributed by atoms with E-state index < -0.39 is 0 Å². The number of aromatic nitrogens is 2. The van der Waals surface area contributed by atoms with Crippen LogP contribution >= 0.6 is 0 Å². The number of nitrogens with one attached hydrogen (secondary N) is 1. The van der Waals surface area contributed by atoms with Gasteiger partial charge in [0.1, 0.15) is 0 Å². The Morgan fingerprint density at radius 3 is 2.64 bits per heavy atom. The second-order valence-corrected chi connectivity index (χ2v) is 2.94. The molecule has 72 valence electrons. The summed E-state index contributed by atoms with van der Waals surface area (Å²) in [5.74, 6) is 0. The summed E-state index contributed by atoms with van der Waals surface area (Å²) in [6.45, 7) is 0. The molecule has 0 radical (unpaired) electrons. The summed E-state index contributed by atoms with van der Waals surface area (Å²) in [4.78, 5) is 11.9. The van der Waals surface area contributed by atoms with Crippen molar-refractivity contribution in [2.24, 2.45) is 0 Å². The average molecular weight is 190 g/mol. The van der Waals surface area contributed by atoms with Crippen LogP contribution in [-0.4, -0.2) is 17.1 Å². The van der Waals surface area contributed by atoms with Crippen LogP contribution < -0.4 is 5.48 Å². The zero-order valence-corrected chi connectivity index (χ0v) is 7.90. The van der Waals surface area contributed by atoms with Gasteiger partial charge >= 0.3 is 0 Å². The van der Waals surface area contributed by atoms with Gasteiger partial charge in [-0.15, -0.1) is 0 Å². The fourth-order valence-electron chi connectivity index (χ4n) is 1.29. The van der Waals surface area contributed by atoms with Crippen LogP contribution in [0.5, 0.6) is 0 Å². The minimum Gasteiger partial charge on any atom is -0.345 e. The molecule has 1 heterocycles. The van der Waals surface area contributed by atoms with Gasteiger partial charge in [-0.25, -0.2) is 9.82 Å². The van der Waals surface area contributed by atoms with Gasteiger partial charge in [0.25, 0.3) is 0 Å². The largest absolute Gasteiger partial charge is 0.345 e. The number of benzene rings is 1. The summed E-state index contributed by atoms with van der Waals surface area (Å²) < 4.78 is 0. The second kappa shape index (κ2) is 4.04. The molecule has 0 aliphatic heterocycles. The summed E-state index contributed by atoms with van der Waals surface area (Å²) in [5, 5.41) is 0. The van der Waals surface area contributed by atoms with Crippen LogP contribution in [0.3, 0.4) is 0 Å². The van der Waals surface area contributed by atoms with Crippen molar-refractivity contribution in [3.63, 3.8) is 0 Å². The van der Waals surface area contributed by atoms with Crippen LogP contribution in [0, 0.1) is 0 Å². The van der Waals surface area contributed by atoms with Crippen molar-refractivity contribution >= 4 is 5.69 Å². The quantitative estimate of drug-likeness (QED) is 0.556. The van der Waals surface area contributed by atoms with Crippen LogP contribution in [-0.2, 0) is 4.84 Å². The molecule has 0 fully saturated rings. The molecule has 0 aliphatic carbocycles. The first-order chi connectivity index (χ1) is 6.90. The minimum atomic E-state index is 1.02. The van der Waals surface area contributed by atoms with E-state index in [9.17, 15) is 0 Å². The SMILES string of the molecule is CO[NH2+]c1ccc(-c2cnc[nH]2)cc1.